The van der Waals surface area contributed by atoms with Gasteiger partial charge in [0.15, 0.2) is 0 Å². The SMILES string of the molecule is CCCCOCCOCc1ccc(NCCC)nc1. The summed E-state index contributed by atoms with van der Waals surface area (Å²) in [5.74, 6) is 0.925. The van der Waals surface area contributed by atoms with Gasteiger partial charge in [0.25, 0.3) is 0 Å². The predicted octanol–water partition coefficient (Wildman–Crippen LogP) is 3.24. The van der Waals surface area contributed by atoms with Crippen LogP contribution in [0, 0.1) is 0 Å². The summed E-state index contributed by atoms with van der Waals surface area (Å²) in [6, 6.07) is 4.04. The topological polar surface area (TPSA) is 43.4 Å². The molecule has 1 aromatic rings. The molecule has 1 heterocycles. The third-order valence-corrected chi connectivity index (χ3v) is 2.66. The molecular weight excluding hydrogens is 240 g/mol. The van der Waals surface area contributed by atoms with Crippen LogP contribution in [0.4, 0.5) is 5.82 Å². The Morgan fingerprint density at radius 1 is 1.05 bits per heavy atom. The monoisotopic (exact) mass is 266 g/mol. The third-order valence-electron chi connectivity index (χ3n) is 2.66. The molecule has 1 rings (SSSR count). The van der Waals surface area contributed by atoms with Crippen LogP contribution in [-0.2, 0) is 16.1 Å². The van der Waals surface area contributed by atoms with Crippen LogP contribution >= 0.6 is 0 Å². The lowest BCUT2D eigenvalue weighted by molar-refractivity contribution is 0.0396. The van der Waals surface area contributed by atoms with Crippen LogP contribution in [0.25, 0.3) is 0 Å². The minimum Gasteiger partial charge on any atom is -0.379 e. The molecule has 0 saturated heterocycles. The molecule has 0 saturated carbocycles. The fraction of sp³-hybridized carbons (Fsp3) is 0.667. The Morgan fingerprint density at radius 3 is 2.58 bits per heavy atom. The molecule has 0 bridgehead atoms. The highest BCUT2D eigenvalue weighted by Crippen LogP contribution is 2.06. The van der Waals surface area contributed by atoms with E-state index in [1.165, 1.54) is 6.42 Å². The molecule has 1 N–H and O–H groups in total. The summed E-state index contributed by atoms with van der Waals surface area (Å²) in [4.78, 5) is 4.33. The molecule has 0 aliphatic heterocycles. The first kappa shape index (κ1) is 15.9. The number of ether oxygens (including phenoxy) is 2. The second kappa shape index (κ2) is 10.8. The lowest BCUT2D eigenvalue weighted by Crippen LogP contribution is -2.06. The molecule has 4 heteroatoms. The van der Waals surface area contributed by atoms with Crippen LogP contribution < -0.4 is 5.32 Å². The van der Waals surface area contributed by atoms with Crippen LogP contribution in [0.2, 0.25) is 0 Å². The van der Waals surface area contributed by atoms with Gasteiger partial charge in [0.1, 0.15) is 5.82 Å². The summed E-state index contributed by atoms with van der Waals surface area (Å²) < 4.78 is 11.0. The molecule has 0 fully saturated rings. The van der Waals surface area contributed by atoms with Crippen molar-refractivity contribution in [2.45, 2.75) is 39.7 Å². The van der Waals surface area contributed by atoms with E-state index in [1.54, 1.807) is 0 Å². The Labute approximate surface area is 116 Å². The highest BCUT2D eigenvalue weighted by molar-refractivity contribution is 5.35. The van der Waals surface area contributed by atoms with Crippen LogP contribution in [0.3, 0.4) is 0 Å². The number of nitrogens with one attached hydrogen (secondary N) is 1. The first-order valence-corrected chi connectivity index (χ1v) is 7.21. The Balaban J connectivity index is 2.09. The zero-order chi connectivity index (χ0) is 13.8. The molecule has 4 nitrogen and oxygen atoms in total. The summed E-state index contributed by atoms with van der Waals surface area (Å²) in [6.45, 7) is 7.99. The highest BCUT2D eigenvalue weighted by atomic mass is 16.5. The van der Waals surface area contributed by atoms with Gasteiger partial charge in [-0.2, -0.15) is 0 Å². The summed E-state index contributed by atoms with van der Waals surface area (Å²) in [6.07, 6.45) is 5.25. The van der Waals surface area contributed by atoms with Gasteiger partial charge in [0, 0.05) is 19.3 Å². The van der Waals surface area contributed by atoms with Gasteiger partial charge in [-0.25, -0.2) is 4.98 Å². The van der Waals surface area contributed by atoms with E-state index in [2.05, 4.69) is 24.1 Å². The number of pyridine rings is 1. The van der Waals surface area contributed by atoms with Crippen molar-refractivity contribution in [1.82, 2.24) is 4.98 Å². The summed E-state index contributed by atoms with van der Waals surface area (Å²) >= 11 is 0. The maximum atomic E-state index is 5.54. The lowest BCUT2D eigenvalue weighted by atomic mass is 10.3. The molecule has 0 aromatic carbocycles. The second-order valence-electron chi connectivity index (χ2n) is 4.50. The van der Waals surface area contributed by atoms with Crippen molar-refractivity contribution in [2.75, 3.05) is 31.7 Å². The molecule has 0 amide bonds. The lowest BCUT2D eigenvalue weighted by Gasteiger charge is -2.07. The largest absolute Gasteiger partial charge is 0.379 e. The van der Waals surface area contributed by atoms with E-state index in [9.17, 15) is 0 Å². The number of aromatic nitrogens is 1. The number of hydrogen-bond acceptors (Lipinski definition) is 4. The molecular formula is C15H26N2O2. The first-order chi connectivity index (χ1) is 9.36. The van der Waals surface area contributed by atoms with Crippen molar-refractivity contribution in [3.8, 4) is 0 Å². The van der Waals surface area contributed by atoms with Gasteiger partial charge in [0.05, 0.1) is 19.8 Å². The number of rotatable bonds is 11. The van der Waals surface area contributed by atoms with E-state index in [0.717, 1.165) is 37.4 Å². The minimum absolute atomic E-state index is 0.595. The molecule has 0 radical (unpaired) electrons. The predicted molar refractivity (Wildman–Crippen MR) is 78.4 cm³/mol. The number of nitrogens with zero attached hydrogens (tertiary/aromatic N) is 1. The normalized spacial score (nSPS) is 10.6. The Hall–Kier alpha value is -1.13. The summed E-state index contributed by atoms with van der Waals surface area (Å²) in [5.41, 5.74) is 1.09. The Morgan fingerprint density at radius 2 is 1.89 bits per heavy atom. The summed E-state index contributed by atoms with van der Waals surface area (Å²) in [5, 5.41) is 3.25. The van der Waals surface area contributed by atoms with Gasteiger partial charge in [-0.15, -0.1) is 0 Å². The average Bonchev–Trinajstić information content (AvgIpc) is 2.45. The molecule has 0 atom stereocenters. The van der Waals surface area contributed by atoms with Gasteiger partial charge in [0.2, 0.25) is 0 Å². The minimum atomic E-state index is 0.595. The van der Waals surface area contributed by atoms with Crippen molar-refractivity contribution < 1.29 is 9.47 Å². The molecule has 19 heavy (non-hydrogen) atoms. The fourth-order valence-corrected chi connectivity index (χ4v) is 1.52. The zero-order valence-electron chi connectivity index (χ0n) is 12.2. The quantitative estimate of drug-likeness (QED) is 0.624. The summed E-state index contributed by atoms with van der Waals surface area (Å²) in [7, 11) is 0. The van der Waals surface area contributed by atoms with Crippen molar-refractivity contribution in [1.29, 1.82) is 0 Å². The van der Waals surface area contributed by atoms with Gasteiger partial charge in [-0.3, -0.25) is 0 Å². The van der Waals surface area contributed by atoms with Crippen molar-refractivity contribution in [2.24, 2.45) is 0 Å². The maximum Gasteiger partial charge on any atom is 0.125 e. The van der Waals surface area contributed by atoms with Gasteiger partial charge in [-0.1, -0.05) is 26.3 Å². The maximum absolute atomic E-state index is 5.54. The Bertz CT molecular complexity index is 314. The van der Waals surface area contributed by atoms with Gasteiger partial charge >= 0.3 is 0 Å². The molecule has 1 aromatic heterocycles. The van der Waals surface area contributed by atoms with E-state index in [0.29, 0.717) is 19.8 Å². The molecule has 0 unspecified atom stereocenters. The molecule has 0 aliphatic rings. The van der Waals surface area contributed by atoms with Crippen LogP contribution in [0.15, 0.2) is 18.3 Å². The standard InChI is InChI=1S/C15H26N2O2/c1-3-5-9-18-10-11-19-13-14-6-7-15(17-12-14)16-8-4-2/h6-7,12H,3-5,8-11,13H2,1-2H3,(H,16,17). The van der Waals surface area contributed by atoms with E-state index in [4.69, 9.17) is 9.47 Å². The van der Waals surface area contributed by atoms with E-state index in [-0.39, 0.29) is 0 Å². The van der Waals surface area contributed by atoms with Crippen LogP contribution in [0.5, 0.6) is 0 Å². The van der Waals surface area contributed by atoms with Crippen molar-refractivity contribution in [3.63, 3.8) is 0 Å². The van der Waals surface area contributed by atoms with Crippen molar-refractivity contribution >= 4 is 5.82 Å². The molecule has 0 aliphatic carbocycles. The Kier molecular flexibility index (Phi) is 9.02. The first-order valence-electron chi connectivity index (χ1n) is 7.21. The molecule has 108 valence electrons. The molecule has 0 spiro atoms. The number of hydrogen-bond donors (Lipinski definition) is 1. The van der Waals surface area contributed by atoms with Crippen molar-refractivity contribution in [3.05, 3.63) is 23.9 Å². The van der Waals surface area contributed by atoms with E-state index < -0.39 is 0 Å². The fourth-order valence-electron chi connectivity index (χ4n) is 1.52. The van der Waals surface area contributed by atoms with E-state index in [1.807, 2.05) is 18.3 Å². The van der Waals surface area contributed by atoms with Crippen LogP contribution in [-0.4, -0.2) is 31.3 Å². The van der Waals surface area contributed by atoms with Gasteiger partial charge in [-0.05, 0) is 24.5 Å². The number of anilines is 1. The number of unbranched alkanes of at least 4 members (excludes halogenated alkanes) is 1. The van der Waals surface area contributed by atoms with Crippen LogP contribution in [0.1, 0.15) is 38.7 Å². The second-order valence-corrected chi connectivity index (χ2v) is 4.50. The zero-order valence-corrected chi connectivity index (χ0v) is 12.2. The average molecular weight is 266 g/mol. The van der Waals surface area contributed by atoms with Gasteiger partial charge < -0.3 is 14.8 Å². The van der Waals surface area contributed by atoms with E-state index >= 15 is 0 Å². The highest BCUT2D eigenvalue weighted by Gasteiger charge is 1.96. The third kappa shape index (κ3) is 7.80. The smallest absolute Gasteiger partial charge is 0.125 e.